The van der Waals surface area contributed by atoms with Crippen LogP contribution in [0, 0.1) is 5.92 Å². The summed E-state index contributed by atoms with van der Waals surface area (Å²) >= 11 is 0. The Labute approximate surface area is 103 Å². The Balaban J connectivity index is 4.38. The van der Waals surface area contributed by atoms with E-state index in [2.05, 4.69) is 23.0 Å². The molecule has 4 nitrogen and oxygen atoms in total. The van der Waals surface area contributed by atoms with Gasteiger partial charge in [-0.1, -0.05) is 39.2 Å². The Morgan fingerprint density at radius 1 is 1.12 bits per heavy atom. The molecule has 0 N–H and O–H groups in total. The number of unbranched alkanes of at least 4 members (excludes halogenated alkanes) is 3. The number of carbonyl (C=O) groups is 2. The molecule has 1 unspecified atom stereocenters. The van der Waals surface area contributed by atoms with Gasteiger partial charge in [0.05, 0.1) is 20.1 Å². The number of ether oxygens (including phenoxy) is 2. The van der Waals surface area contributed by atoms with Crippen LogP contribution in [0.1, 0.15) is 39.0 Å². The topological polar surface area (TPSA) is 52.6 Å². The largest absolute Gasteiger partial charge is 0.469 e. The molecule has 0 aromatic heterocycles. The Bertz CT molecular complexity index is 271. The summed E-state index contributed by atoms with van der Waals surface area (Å²) in [6.45, 7) is 5.73. The van der Waals surface area contributed by atoms with Gasteiger partial charge >= 0.3 is 11.9 Å². The molecule has 0 saturated carbocycles. The van der Waals surface area contributed by atoms with E-state index in [1.165, 1.54) is 14.2 Å². The quantitative estimate of drug-likeness (QED) is 0.373. The van der Waals surface area contributed by atoms with E-state index in [0.29, 0.717) is 6.42 Å². The SMILES string of the molecule is C=C(C(=O)OC)C(CCCCCC)C(=O)OC. The number of hydrogen-bond donors (Lipinski definition) is 0. The maximum atomic E-state index is 11.5. The minimum absolute atomic E-state index is 0.177. The maximum absolute atomic E-state index is 11.5. The van der Waals surface area contributed by atoms with Crippen LogP contribution >= 0.6 is 0 Å². The highest BCUT2D eigenvalue weighted by atomic mass is 16.5. The smallest absolute Gasteiger partial charge is 0.334 e. The fourth-order valence-electron chi connectivity index (χ4n) is 1.63. The highest BCUT2D eigenvalue weighted by Crippen LogP contribution is 2.20. The van der Waals surface area contributed by atoms with E-state index in [1.807, 2.05) is 0 Å². The van der Waals surface area contributed by atoms with Gasteiger partial charge in [-0.3, -0.25) is 4.79 Å². The number of esters is 2. The van der Waals surface area contributed by atoms with Crippen LogP contribution in [0.25, 0.3) is 0 Å². The number of hydrogen-bond acceptors (Lipinski definition) is 4. The van der Waals surface area contributed by atoms with E-state index < -0.39 is 17.9 Å². The van der Waals surface area contributed by atoms with Crippen LogP contribution in [0.15, 0.2) is 12.2 Å². The normalized spacial score (nSPS) is 11.7. The fraction of sp³-hybridized carbons (Fsp3) is 0.692. The average Bonchev–Trinajstić information content (AvgIpc) is 2.36. The number of methoxy groups -OCH3 is 2. The molecule has 0 radical (unpaired) electrons. The molecule has 17 heavy (non-hydrogen) atoms. The third-order valence-corrected chi connectivity index (χ3v) is 2.70. The van der Waals surface area contributed by atoms with Crippen molar-refractivity contribution in [3.63, 3.8) is 0 Å². The van der Waals surface area contributed by atoms with Gasteiger partial charge in [0.1, 0.15) is 0 Å². The molecule has 0 aliphatic rings. The van der Waals surface area contributed by atoms with Crippen molar-refractivity contribution in [1.29, 1.82) is 0 Å². The minimum Gasteiger partial charge on any atom is -0.469 e. The minimum atomic E-state index is -0.579. The molecule has 0 aromatic rings. The van der Waals surface area contributed by atoms with Crippen LogP contribution in [0.2, 0.25) is 0 Å². The summed E-state index contributed by atoms with van der Waals surface area (Å²) in [7, 11) is 2.59. The highest BCUT2D eigenvalue weighted by molar-refractivity contribution is 5.94. The highest BCUT2D eigenvalue weighted by Gasteiger charge is 2.26. The summed E-state index contributed by atoms with van der Waals surface area (Å²) in [6.07, 6.45) is 4.75. The predicted octanol–water partition coefficient (Wildman–Crippen LogP) is 2.48. The first-order valence-electron chi connectivity index (χ1n) is 5.93. The molecule has 0 rings (SSSR count). The summed E-state index contributed by atoms with van der Waals surface area (Å²) in [4.78, 5) is 22.9. The van der Waals surface area contributed by atoms with Gasteiger partial charge in [-0.25, -0.2) is 4.79 Å². The molecule has 4 heteroatoms. The van der Waals surface area contributed by atoms with E-state index >= 15 is 0 Å². The van der Waals surface area contributed by atoms with Crippen molar-refractivity contribution < 1.29 is 19.1 Å². The third kappa shape index (κ3) is 5.52. The van der Waals surface area contributed by atoms with Gasteiger partial charge in [0.25, 0.3) is 0 Å². The summed E-state index contributed by atoms with van der Waals surface area (Å²) in [5, 5.41) is 0. The van der Waals surface area contributed by atoms with Crippen molar-refractivity contribution >= 4 is 11.9 Å². The maximum Gasteiger partial charge on any atom is 0.334 e. The van der Waals surface area contributed by atoms with Crippen LogP contribution in [0.5, 0.6) is 0 Å². The zero-order chi connectivity index (χ0) is 13.3. The van der Waals surface area contributed by atoms with Gasteiger partial charge in [0.15, 0.2) is 0 Å². The van der Waals surface area contributed by atoms with E-state index in [-0.39, 0.29) is 5.57 Å². The number of carbonyl (C=O) groups excluding carboxylic acids is 2. The van der Waals surface area contributed by atoms with E-state index in [4.69, 9.17) is 0 Å². The van der Waals surface area contributed by atoms with Crippen molar-refractivity contribution in [2.45, 2.75) is 39.0 Å². The predicted molar refractivity (Wildman–Crippen MR) is 65.4 cm³/mol. The lowest BCUT2D eigenvalue weighted by atomic mass is 9.94. The molecule has 0 fully saturated rings. The summed E-state index contributed by atoms with van der Waals surface area (Å²) in [5.41, 5.74) is 0.177. The Morgan fingerprint density at radius 3 is 2.24 bits per heavy atom. The average molecular weight is 242 g/mol. The first kappa shape index (κ1) is 15.7. The Morgan fingerprint density at radius 2 is 1.76 bits per heavy atom. The van der Waals surface area contributed by atoms with Crippen molar-refractivity contribution in [3.8, 4) is 0 Å². The first-order valence-corrected chi connectivity index (χ1v) is 5.93. The van der Waals surface area contributed by atoms with Gasteiger partial charge in [0, 0.05) is 5.57 Å². The summed E-state index contributed by atoms with van der Waals surface area (Å²) < 4.78 is 9.25. The Hall–Kier alpha value is -1.32. The molecule has 0 aliphatic carbocycles. The van der Waals surface area contributed by atoms with Gasteiger partial charge in [-0.15, -0.1) is 0 Å². The first-order chi connectivity index (χ1) is 8.08. The van der Waals surface area contributed by atoms with Gasteiger partial charge < -0.3 is 9.47 Å². The standard InChI is InChI=1S/C13H22O4/c1-5-6-7-8-9-11(13(15)17-4)10(2)12(14)16-3/h11H,2,5-9H2,1,3-4H3. The molecule has 0 heterocycles. The van der Waals surface area contributed by atoms with E-state index in [0.717, 1.165) is 25.7 Å². The van der Waals surface area contributed by atoms with Crippen molar-refractivity contribution in [1.82, 2.24) is 0 Å². The van der Waals surface area contributed by atoms with E-state index in [9.17, 15) is 9.59 Å². The fourth-order valence-corrected chi connectivity index (χ4v) is 1.63. The van der Waals surface area contributed by atoms with Crippen LogP contribution in [-0.2, 0) is 19.1 Å². The molecule has 1 atom stereocenters. The second kappa shape index (κ2) is 8.79. The monoisotopic (exact) mass is 242 g/mol. The van der Waals surface area contributed by atoms with Crippen LogP contribution in [-0.4, -0.2) is 26.2 Å². The van der Waals surface area contributed by atoms with Crippen LogP contribution in [0.3, 0.4) is 0 Å². The zero-order valence-corrected chi connectivity index (χ0v) is 11.0. The molecular weight excluding hydrogens is 220 g/mol. The lowest BCUT2D eigenvalue weighted by molar-refractivity contribution is -0.147. The zero-order valence-electron chi connectivity index (χ0n) is 11.0. The van der Waals surface area contributed by atoms with Crippen LogP contribution < -0.4 is 0 Å². The molecular formula is C13H22O4. The second-order valence-electron chi connectivity index (χ2n) is 3.94. The number of rotatable bonds is 8. The van der Waals surface area contributed by atoms with Crippen molar-refractivity contribution in [2.75, 3.05) is 14.2 Å². The molecule has 0 aliphatic heterocycles. The van der Waals surface area contributed by atoms with Gasteiger partial charge in [0.2, 0.25) is 0 Å². The van der Waals surface area contributed by atoms with E-state index in [1.54, 1.807) is 0 Å². The lowest BCUT2D eigenvalue weighted by Crippen LogP contribution is -2.23. The van der Waals surface area contributed by atoms with Crippen LogP contribution in [0.4, 0.5) is 0 Å². The van der Waals surface area contributed by atoms with Crippen molar-refractivity contribution in [3.05, 3.63) is 12.2 Å². The molecule has 98 valence electrons. The molecule has 0 saturated heterocycles. The third-order valence-electron chi connectivity index (χ3n) is 2.70. The van der Waals surface area contributed by atoms with Crippen molar-refractivity contribution in [2.24, 2.45) is 5.92 Å². The summed E-state index contributed by atoms with van der Waals surface area (Å²) in [6, 6.07) is 0. The molecule has 0 amide bonds. The summed E-state index contributed by atoms with van der Waals surface area (Å²) in [5.74, 6) is -1.54. The molecule has 0 aromatic carbocycles. The lowest BCUT2D eigenvalue weighted by Gasteiger charge is -2.15. The second-order valence-corrected chi connectivity index (χ2v) is 3.94. The van der Waals surface area contributed by atoms with Gasteiger partial charge in [-0.05, 0) is 6.42 Å². The molecule has 0 bridgehead atoms. The van der Waals surface area contributed by atoms with Gasteiger partial charge in [-0.2, -0.15) is 0 Å². The Kier molecular flexibility index (Phi) is 8.11. The molecule has 0 spiro atoms.